The number of aryl methyl sites for hydroxylation is 1. The Balaban J connectivity index is 1.70. The molecular weight excluding hydrogens is 351 g/mol. The van der Waals surface area contributed by atoms with Crippen LogP contribution in [0.1, 0.15) is 45.1 Å². The summed E-state index contributed by atoms with van der Waals surface area (Å²) in [6, 6.07) is 5.50. The van der Waals surface area contributed by atoms with Crippen LogP contribution in [0, 0.1) is 6.92 Å². The summed E-state index contributed by atoms with van der Waals surface area (Å²) in [6.07, 6.45) is -2.67. The van der Waals surface area contributed by atoms with E-state index in [1.807, 2.05) is 0 Å². The summed E-state index contributed by atoms with van der Waals surface area (Å²) in [7, 11) is 0. The molecule has 0 saturated carbocycles. The van der Waals surface area contributed by atoms with Crippen molar-refractivity contribution >= 4 is 17.4 Å². The molecule has 0 radical (unpaired) electrons. The molecule has 1 aromatic carbocycles. The predicted octanol–water partition coefficient (Wildman–Crippen LogP) is 4.30. The topological polar surface area (TPSA) is 68.5 Å². The molecule has 1 aliphatic rings. The number of carbonyl (C=O) groups is 2. The number of fused-ring (bicyclic) bond motifs is 1. The van der Waals surface area contributed by atoms with Crippen LogP contribution >= 0.6 is 0 Å². The summed E-state index contributed by atoms with van der Waals surface area (Å²) in [5, 5.41) is 2.60. The van der Waals surface area contributed by atoms with E-state index in [-0.39, 0.29) is 17.3 Å². The summed E-state index contributed by atoms with van der Waals surface area (Å²) < 4.78 is 46.5. The van der Waals surface area contributed by atoms with E-state index in [0.29, 0.717) is 41.8 Å². The summed E-state index contributed by atoms with van der Waals surface area (Å²) in [5.74, 6) is 0.0874. The van der Waals surface area contributed by atoms with Crippen molar-refractivity contribution in [3.05, 3.63) is 46.9 Å². The lowest BCUT2D eigenvalue weighted by atomic mass is 9.94. The SMILES string of the molecule is Cc1c(C(=O)Nc2ccc(OCC(F)(F)F)cc2)oc2c1C(=O)CCC2. The van der Waals surface area contributed by atoms with Crippen LogP contribution in [0.4, 0.5) is 18.9 Å². The number of hydrogen-bond donors (Lipinski definition) is 1. The van der Waals surface area contributed by atoms with Gasteiger partial charge in [0.1, 0.15) is 11.5 Å². The van der Waals surface area contributed by atoms with Gasteiger partial charge in [-0.05, 0) is 37.6 Å². The molecule has 0 aliphatic heterocycles. The molecule has 1 aliphatic carbocycles. The summed E-state index contributed by atoms with van der Waals surface area (Å²) >= 11 is 0. The average molecular weight is 367 g/mol. The van der Waals surface area contributed by atoms with Crippen LogP contribution in [-0.2, 0) is 6.42 Å². The lowest BCUT2D eigenvalue weighted by Crippen LogP contribution is -2.19. The Morgan fingerprint density at radius 3 is 2.54 bits per heavy atom. The van der Waals surface area contributed by atoms with Gasteiger partial charge < -0.3 is 14.5 Å². The molecule has 0 bridgehead atoms. The largest absolute Gasteiger partial charge is 0.484 e. The van der Waals surface area contributed by atoms with Crippen molar-refractivity contribution < 1.29 is 31.9 Å². The van der Waals surface area contributed by atoms with Crippen LogP contribution in [0.15, 0.2) is 28.7 Å². The van der Waals surface area contributed by atoms with E-state index >= 15 is 0 Å². The Labute approximate surface area is 147 Å². The minimum absolute atomic E-state index is 0.0299. The maximum absolute atomic E-state index is 12.4. The van der Waals surface area contributed by atoms with Gasteiger partial charge in [0.2, 0.25) is 0 Å². The molecule has 26 heavy (non-hydrogen) atoms. The summed E-state index contributed by atoms with van der Waals surface area (Å²) in [6.45, 7) is 0.276. The number of carbonyl (C=O) groups excluding carboxylic acids is 2. The highest BCUT2D eigenvalue weighted by Crippen LogP contribution is 2.30. The van der Waals surface area contributed by atoms with Gasteiger partial charge in [-0.3, -0.25) is 9.59 Å². The first-order valence-electron chi connectivity index (χ1n) is 8.01. The van der Waals surface area contributed by atoms with E-state index < -0.39 is 18.7 Å². The summed E-state index contributed by atoms with van der Waals surface area (Å²) in [5.41, 5.74) is 1.36. The molecule has 8 heteroatoms. The number of anilines is 1. The molecule has 5 nitrogen and oxygen atoms in total. The van der Waals surface area contributed by atoms with Gasteiger partial charge in [-0.1, -0.05) is 0 Å². The maximum atomic E-state index is 12.4. The fourth-order valence-corrected chi connectivity index (χ4v) is 2.85. The number of benzene rings is 1. The van der Waals surface area contributed by atoms with Crippen LogP contribution in [0.2, 0.25) is 0 Å². The molecule has 3 rings (SSSR count). The number of rotatable bonds is 4. The number of ether oxygens (including phenoxy) is 1. The van der Waals surface area contributed by atoms with E-state index in [9.17, 15) is 22.8 Å². The van der Waals surface area contributed by atoms with E-state index in [0.717, 1.165) is 0 Å². The van der Waals surface area contributed by atoms with Gasteiger partial charge >= 0.3 is 6.18 Å². The first-order chi connectivity index (χ1) is 12.2. The average Bonchev–Trinajstić information content (AvgIpc) is 2.92. The van der Waals surface area contributed by atoms with E-state index in [2.05, 4.69) is 10.1 Å². The van der Waals surface area contributed by atoms with Gasteiger partial charge in [-0.15, -0.1) is 0 Å². The van der Waals surface area contributed by atoms with Crippen LogP contribution in [0.5, 0.6) is 5.75 Å². The third-order valence-corrected chi connectivity index (χ3v) is 4.03. The number of furan rings is 1. The fourth-order valence-electron chi connectivity index (χ4n) is 2.85. The monoisotopic (exact) mass is 367 g/mol. The maximum Gasteiger partial charge on any atom is 0.422 e. The molecule has 138 valence electrons. The van der Waals surface area contributed by atoms with Crippen LogP contribution in [-0.4, -0.2) is 24.5 Å². The fraction of sp³-hybridized carbons (Fsp3) is 0.333. The second-order valence-corrected chi connectivity index (χ2v) is 6.01. The molecule has 1 N–H and O–H groups in total. The van der Waals surface area contributed by atoms with Crippen LogP contribution < -0.4 is 10.1 Å². The zero-order valence-electron chi connectivity index (χ0n) is 13.9. The van der Waals surface area contributed by atoms with Gasteiger partial charge in [-0.2, -0.15) is 13.2 Å². The third kappa shape index (κ3) is 3.89. The number of hydrogen-bond acceptors (Lipinski definition) is 4. The Hall–Kier alpha value is -2.77. The standard InChI is InChI=1S/C18H16F3NO4/c1-10-15-13(23)3-2-4-14(15)26-16(10)17(24)22-11-5-7-12(8-6-11)25-9-18(19,20)21/h5-8H,2-4,9H2,1H3,(H,22,24). The number of ketones is 1. The Bertz CT molecular complexity index is 837. The van der Waals surface area contributed by atoms with Gasteiger partial charge in [0.05, 0.1) is 5.56 Å². The minimum Gasteiger partial charge on any atom is -0.484 e. The van der Waals surface area contributed by atoms with Crippen LogP contribution in [0.25, 0.3) is 0 Å². The molecule has 0 atom stereocenters. The van der Waals surface area contributed by atoms with Crippen molar-refractivity contribution in [1.29, 1.82) is 0 Å². The lowest BCUT2D eigenvalue weighted by Gasteiger charge is -2.10. The highest BCUT2D eigenvalue weighted by Gasteiger charge is 2.29. The molecular formula is C18H16F3NO4. The molecule has 1 aromatic heterocycles. The molecule has 1 heterocycles. The zero-order chi connectivity index (χ0) is 18.9. The second-order valence-electron chi connectivity index (χ2n) is 6.01. The Morgan fingerprint density at radius 2 is 1.92 bits per heavy atom. The first kappa shape index (κ1) is 18.0. The molecule has 0 fully saturated rings. The molecule has 0 saturated heterocycles. The van der Waals surface area contributed by atoms with Crippen molar-refractivity contribution in [2.75, 3.05) is 11.9 Å². The molecule has 0 unspecified atom stereocenters. The Morgan fingerprint density at radius 1 is 1.23 bits per heavy atom. The number of amides is 1. The highest BCUT2D eigenvalue weighted by molar-refractivity contribution is 6.07. The number of alkyl halides is 3. The number of Topliss-reactive ketones (excluding diaryl/α,β-unsaturated/α-hetero) is 1. The van der Waals surface area contributed by atoms with Gasteiger partial charge in [0, 0.05) is 24.1 Å². The quantitative estimate of drug-likeness (QED) is 0.875. The van der Waals surface area contributed by atoms with Gasteiger partial charge in [-0.25, -0.2) is 0 Å². The van der Waals surface area contributed by atoms with E-state index in [4.69, 9.17) is 4.42 Å². The van der Waals surface area contributed by atoms with Crippen LogP contribution in [0.3, 0.4) is 0 Å². The second kappa shape index (κ2) is 6.86. The molecule has 2 aromatic rings. The Kier molecular flexibility index (Phi) is 4.76. The van der Waals surface area contributed by atoms with Gasteiger partial charge in [0.15, 0.2) is 18.2 Å². The molecule has 0 spiro atoms. The summed E-state index contributed by atoms with van der Waals surface area (Å²) in [4.78, 5) is 24.4. The van der Waals surface area contributed by atoms with Crippen molar-refractivity contribution in [2.45, 2.75) is 32.4 Å². The van der Waals surface area contributed by atoms with Crippen molar-refractivity contribution in [2.24, 2.45) is 0 Å². The molecule has 1 amide bonds. The smallest absolute Gasteiger partial charge is 0.422 e. The zero-order valence-corrected chi connectivity index (χ0v) is 13.9. The number of halogens is 3. The van der Waals surface area contributed by atoms with Crippen molar-refractivity contribution in [3.63, 3.8) is 0 Å². The normalized spacial score (nSPS) is 14.1. The van der Waals surface area contributed by atoms with Crippen molar-refractivity contribution in [1.82, 2.24) is 0 Å². The highest BCUT2D eigenvalue weighted by atomic mass is 19.4. The van der Waals surface area contributed by atoms with Crippen molar-refractivity contribution in [3.8, 4) is 5.75 Å². The van der Waals surface area contributed by atoms with E-state index in [1.54, 1.807) is 6.92 Å². The van der Waals surface area contributed by atoms with Gasteiger partial charge in [0.25, 0.3) is 5.91 Å². The van der Waals surface area contributed by atoms with E-state index in [1.165, 1.54) is 24.3 Å². The lowest BCUT2D eigenvalue weighted by molar-refractivity contribution is -0.153. The first-order valence-corrected chi connectivity index (χ1v) is 8.01. The predicted molar refractivity (Wildman–Crippen MR) is 86.7 cm³/mol. The minimum atomic E-state index is -4.42. The third-order valence-electron chi connectivity index (χ3n) is 4.03. The number of nitrogens with one attached hydrogen (secondary N) is 1.